The molecule has 5 nitrogen and oxygen atoms in total. The van der Waals surface area contributed by atoms with Crippen molar-refractivity contribution in [2.24, 2.45) is 0 Å². The number of hydrogen-bond donors (Lipinski definition) is 2. The number of anilines is 1. The normalized spacial score (nSPS) is 17.9. The number of amides is 1. The van der Waals surface area contributed by atoms with E-state index in [4.69, 9.17) is 4.74 Å². The van der Waals surface area contributed by atoms with Crippen LogP contribution in [0.3, 0.4) is 0 Å². The third kappa shape index (κ3) is 4.20. The summed E-state index contributed by atoms with van der Waals surface area (Å²) in [5.74, 6) is 0.545. The number of ether oxygens (including phenoxy) is 1. The Morgan fingerprint density at radius 2 is 2.40 bits per heavy atom. The average molecular weight is 277 g/mol. The van der Waals surface area contributed by atoms with Crippen LogP contribution in [0.1, 0.15) is 42.5 Å². The molecule has 1 aliphatic heterocycles. The van der Waals surface area contributed by atoms with Gasteiger partial charge in [-0.1, -0.05) is 0 Å². The highest BCUT2D eigenvalue weighted by molar-refractivity contribution is 5.98. The van der Waals surface area contributed by atoms with E-state index in [9.17, 15) is 4.79 Å². The lowest BCUT2D eigenvalue weighted by Crippen LogP contribution is -2.25. The number of nitrogens with one attached hydrogen (secondary N) is 2. The first-order valence-electron chi connectivity index (χ1n) is 7.34. The monoisotopic (exact) mass is 277 g/mol. The second-order valence-corrected chi connectivity index (χ2v) is 5.04. The number of carbonyl (C=O) groups is 1. The van der Waals surface area contributed by atoms with Crippen LogP contribution in [0.25, 0.3) is 0 Å². The summed E-state index contributed by atoms with van der Waals surface area (Å²) in [5.41, 5.74) is 0.592. The van der Waals surface area contributed by atoms with Crippen molar-refractivity contribution in [3.05, 3.63) is 23.9 Å². The summed E-state index contributed by atoms with van der Waals surface area (Å²) in [6, 6.07) is 3.55. The van der Waals surface area contributed by atoms with Crippen molar-refractivity contribution in [1.29, 1.82) is 0 Å². The van der Waals surface area contributed by atoms with Gasteiger partial charge in [-0.3, -0.25) is 4.79 Å². The summed E-state index contributed by atoms with van der Waals surface area (Å²) in [6.07, 6.45) is 7.68. The molecule has 2 rings (SSSR count). The molecular weight excluding hydrogens is 254 g/mol. The Labute approximate surface area is 120 Å². The largest absolute Gasteiger partial charge is 0.378 e. The van der Waals surface area contributed by atoms with E-state index in [1.54, 1.807) is 25.4 Å². The highest BCUT2D eigenvalue weighted by atomic mass is 16.5. The number of hydrogen-bond acceptors (Lipinski definition) is 4. The Kier molecular flexibility index (Phi) is 5.80. The molecule has 0 unspecified atom stereocenters. The van der Waals surface area contributed by atoms with Crippen LogP contribution in [0.5, 0.6) is 0 Å². The molecule has 1 atom stereocenters. The SMILES string of the molecule is CNc1ncccc1C(=O)NCCCC[C@@H]1CCCO1. The first-order chi connectivity index (χ1) is 9.81. The van der Waals surface area contributed by atoms with Gasteiger partial charge in [-0.05, 0) is 44.2 Å². The molecule has 2 N–H and O–H groups in total. The van der Waals surface area contributed by atoms with Crippen LogP contribution >= 0.6 is 0 Å². The number of pyridine rings is 1. The lowest BCUT2D eigenvalue weighted by molar-refractivity contribution is 0.0947. The Hall–Kier alpha value is -1.62. The number of carbonyl (C=O) groups excluding carboxylic acids is 1. The molecule has 1 aromatic rings. The van der Waals surface area contributed by atoms with E-state index in [1.165, 1.54) is 12.8 Å². The van der Waals surface area contributed by atoms with Gasteiger partial charge in [-0.2, -0.15) is 0 Å². The molecule has 0 spiro atoms. The van der Waals surface area contributed by atoms with Crippen molar-refractivity contribution in [3.63, 3.8) is 0 Å². The molecule has 0 saturated carbocycles. The third-order valence-corrected chi connectivity index (χ3v) is 3.55. The first-order valence-corrected chi connectivity index (χ1v) is 7.34. The van der Waals surface area contributed by atoms with Gasteiger partial charge >= 0.3 is 0 Å². The minimum Gasteiger partial charge on any atom is -0.378 e. The smallest absolute Gasteiger partial charge is 0.255 e. The van der Waals surface area contributed by atoms with Crippen LogP contribution in [-0.4, -0.2) is 37.2 Å². The molecule has 1 amide bonds. The zero-order chi connectivity index (χ0) is 14.2. The summed E-state index contributed by atoms with van der Waals surface area (Å²) < 4.78 is 5.58. The Balaban J connectivity index is 1.67. The third-order valence-electron chi connectivity index (χ3n) is 3.55. The van der Waals surface area contributed by atoms with Gasteiger partial charge < -0.3 is 15.4 Å². The molecule has 1 aliphatic rings. The summed E-state index contributed by atoms with van der Waals surface area (Å²) in [4.78, 5) is 16.2. The van der Waals surface area contributed by atoms with Crippen molar-refractivity contribution < 1.29 is 9.53 Å². The average Bonchev–Trinajstić information content (AvgIpc) is 3.00. The molecule has 20 heavy (non-hydrogen) atoms. The van der Waals surface area contributed by atoms with Gasteiger partial charge in [0.1, 0.15) is 5.82 Å². The predicted octanol–water partition coefficient (Wildman–Crippen LogP) is 2.20. The summed E-state index contributed by atoms with van der Waals surface area (Å²) in [6.45, 7) is 1.61. The molecule has 110 valence electrons. The summed E-state index contributed by atoms with van der Waals surface area (Å²) >= 11 is 0. The van der Waals surface area contributed by atoms with E-state index < -0.39 is 0 Å². The van der Waals surface area contributed by atoms with Gasteiger partial charge in [-0.25, -0.2) is 4.98 Å². The van der Waals surface area contributed by atoms with Gasteiger partial charge in [0.2, 0.25) is 0 Å². The van der Waals surface area contributed by atoms with Crippen LogP contribution < -0.4 is 10.6 Å². The topological polar surface area (TPSA) is 63.2 Å². The fourth-order valence-electron chi connectivity index (χ4n) is 2.45. The van der Waals surface area contributed by atoms with Gasteiger partial charge in [0.15, 0.2) is 0 Å². The van der Waals surface area contributed by atoms with E-state index >= 15 is 0 Å². The van der Waals surface area contributed by atoms with Crippen molar-refractivity contribution in [3.8, 4) is 0 Å². The maximum Gasteiger partial charge on any atom is 0.255 e. The summed E-state index contributed by atoms with van der Waals surface area (Å²) in [5, 5.41) is 5.87. The maximum atomic E-state index is 12.0. The van der Waals surface area contributed by atoms with Crippen LogP contribution in [0.2, 0.25) is 0 Å². The molecule has 2 heterocycles. The molecule has 5 heteroatoms. The molecule has 0 radical (unpaired) electrons. The fourth-order valence-corrected chi connectivity index (χ4v) is 2.45. The molecular formula is C15H23N3O2. The molecule has 1 saturated heterocycles. The minimum absolute atomic E-state index is 0.0698. The van der Waals surface area contributed by atoms with Gasteiger partial charge in [-0.15, -0.1) is 0 Å². The second-order valence-electron chi connectivity index (χ2n) is 5.04. The van der Waals surface area contributed by atoms with Gasteiger partial charge in [0, 0.05) is 26.4 Å². The minimum atomic E-state index is -0.0698. The Bertz CT molecular complexity index is 431. The van der Waals surface area contributed by atoms with Crippen molar-refractivity contribution in [2.45, 2.75) is 38.2 Å². The Morgan fingerprint density at radius 1 is 1.50 bits per heavy atom. The maximum absolute atomic E-state index is 12.0. The van der Waals surface area contributed by atoms with E-state index in [-0.39, 0.29) is 5.91 Å². The van der Waals surface area contributed by atoms with E-state index in [0.29, 0.717) is 24.0 Å². The van der Waals surface area contributed by atoms with Crippen LogP contribution in [0.4, 0.5) is 5.82 Å². The molecule has 1 fully saturated rings. The zero-order valence-corrected chi connectivity index (χ0v) is 12.0. The second kappa shape index (κ2) is 7.85. The standard InChI is InChI=1S/C15H23N3O2/c1-16-14-13(8-4-10-17-14)15(19)18-9-3-2-6-12-7-5-11-20-12/h4,8,10,12H,2-3,5-7,9,11H2,1H3,(H,16,17)(H,18,19)/t12-/m1/s1. The lowest BCUT2D eigenvalue weighted by atomic mass is 10.1. The fraction of sp³-hybridized carbons (Fsp3) is 0.600. The molecule has 0 aromatic carbocycles. The van der Waals surface area contributed by atoms with Crippen molar-refractivity contribution >= 4 is 11.7 Å². The predicted molar refractivity (Wildman–Crippen MR) is 78.9 cm³/mol. The highest BCUT2D eigenvalue weighted by Crippen LogP contribution is 2.17. The van der Waals surface area contributed by atoms with Gasteiger partial charge in [0.25, 0.3) is 5.91 Å². The zero-order valence-electron chi connectivity index (χ0n) is 12.0. The van der Waals surface area contributed by atoms with Crippen LogP contribution in [0, 0.1) is 0 Å². The first kappa shape index (κ1) is 14.8. The quantitative estimate of drug-likeness (QED) is 0.750. The van der Waals surface area contributed by atoms with Crippen LogP contribution in [-0.2, 0) is 4.74 Å². The molecule has 0 aliphatic carbocycles. The van der Waals surface area contributed by atoms with E-state index in [0.717, 1.165) is 25.9 Å². The van der Waals surface area contributed by atoms with Crippen LogP contribution in [0.15, 0.2) is 18.3 Å². The molecule has 0 bridgehead atoms. The molecule has 1 aromatic heterocycles. The number of rotatable bonds is 7. The van der Waals surface area contributed by atoms with Crippen molar-refractivity contribution in [1.82, 2.24) is 10.3 Å². The lowest BCUT2D eigenvalue weighted by Gasteiger charge is -2.10. The highest BCUT2D eigenvalue weighted by Gasteiger charge is 2.14. The van der Waals surface area contributed by atoms with Gasteiger partial charge in [0.05, 0.1) is 11.7 Å². The number of unbranched alkanes of at least 4 members (excludes halogenated alkanes) is 1. The Morgan fingerprint density at radius 3 is 3.15 bits per heavy atom. The van der Waals surface area contributed by atoms with E-state index in [2.05, 4.69) is 15.6 Å². The van der Waals surface area contributed by atoms with Crippen molar-refractivity contribution in [2.75, 3.05) is 25.5 Å². The number of nitrogens with zero attached hydrogens (tertiary/aromatic N) is 1. The number of aromatic nitrogens is 1. The van der Waals surface area contributed by atoms with E-state index in [1.807, 2.05) is 0 Å². The summed E-state index contributed by atoms with van der Waals surface area (Å²) in [7, 11) is 1.76.